The Morgan fingerprint density at radius 2 is 1.73 bits per heavy atom. The Morgan fingerprint density at radius 3 is 2.36 bits per heavy atom. The second-order valence-electron chi connectivity index (χ2n) is 4.81. The maximum absolute atomic E-state index is 12.9. The number of benzene rings is 2. The summed E-state index contributed by atoms with van der Waals surface area (Å²) in [4.78, 5) is 14.3. The smallest absolute Gasteiger partial charge is 0.266 e. The minimum absolute atomic E-state index is 0.0841. The van der Waals surface area contributed by atoms with E-state index in [1.54, 1.807) is 30.3 Å². The fourth-order valence-corrected chi connectivity index (χ4v) is 3.98. The number of nitrogens with one attached hydrogen (secondary N) is 1. The van der Waals surface area contributed by atoms with Gasteiger partial charge in [0.05, 0.1) is 4.90 Å². The average molecular weight is 315 g/mol. The first-order valence-corrected chi connectivity index (χ1v) is 7.90. The number of aromatic amines is 1. The minimum atomic E-state index is -3.90. The third kappa shape index (κ3) is 2.11. The molecule has 0 saturated carbocycles. The van der Waals surface area contributed by atoms with Gasteiger partial charge in [0.15, 0.2) is 0 Å². The summed E-state index contributed by atoms with van der Waals surface area (Å²) in [5.74, 6) is -0.843. The lowest BCUT2D eigenvalue weighted by atomic mass is 10.2. The van der Waals surface area contributed by atoms with E-state index >= 15 is 0 Å². The molecule has 2 aromatic carbocycles. The van der Waals surface area contributed by atoms with Crippen LogP contribution in [0.3, 0.4) is 0 Å². The summed E-state index contributed by atoms with van der Waals surface area (Å²) in [6.45, 7) is 0. The van der Waals surface area contributed by atoms with Crippen molar-refractivity contribution in [2.75, 3.05) is 5.73 Å². The second kappa shape index (κ2) is 4.88. The number of hydrogen-bond donors (Lipinski definition) is 3. The molecule has 0 aliphatic heterocycles. The van der Waals surface area contributed by atoms with Crippen LogP contribution in [0.25, 0.3) is 10.9 Å². The number of nitrogen functional groups attached to an aromatic ring is 1. The Morgan fingerprint density at radius 1 is 1.05 bits per heavy atom. The summed E-state index contributed by atoms with van der Waals surface area (Å²) in [7, 11) is -3.90. The van der Waals surface area contributed by atoms with Crippen LogP contribution in [0.5, 0.6) is 0 Å². The Hall–Kier alpha value is -2.80. The summed E-state index contributed by atoms with van der Waals surface area (Å²) in [5.41, 5.74) is 11.8. The highest BCUT2D eigenvalue weighted by Gasteiger charge is 2.28. The topological polar surface area (TPSA) is 119 Å². The van der Waals surface area contributed by atoms with Crippen LogP contribution in [0.2, 0.25) is 0 Å². The van der Waals surface area contributed by atoms with Crippen molar-refractivity contribution in [1.29, 1.82) is 0 Å². The molecule has 0 fully saturated rings. The highest BCUT2D eigenvalue weighted by molar-refractivity contribution is 7.91. The van der Waals surface area contributed by atoms with Crippen LogP contribution in [-0.2, 0) is 9.84 Å². The van der Waals surface area contributed by atoms with Crippen molar-refractivity contribution < 1.29 is 13.2 Å². The zero-order valence-electron chi connectivity index (χ0n) is 11.4. The number of primary amides is 1. The molecule has 5 N–H and O–H groups in total. The molecule has 7 heteroatoms. The number of H-pyrrole nitrogens is 1. The van der Waals surface area contributed by atoms with E-state index in [4.69, 9.17) is 11.5 Å². The number of carbonyl (C=O) groups excluding carboxylic acids is 1. The molecule has 22 heavy (non-hydrogen) atoms. The monoisotopic (exact) mass is 315 g/mol. The first kappa shape index (κ1) is 14.2. The summed E-state index contributed by atoms with van der Waals surface area (Å²) in [5, 5.41) is 0.345. The van der Waals surface area contributed by atoms with Gasteiger partial charge in [-0.3, -0.25) is 4.79 Å². The molecule has 0 unspecified atom stereocenters. The number of carbonyl (C=O) groups is 1. The standard InChI is InChI=1S/C15H13N3O3S/c16-9-6-7-12-11(8-9)14(13(18-12)15(17)19)22(20,21)10-4-2-1-3-5-10/h1-8,18H,16H2,(H2,17,19). The van der Waals surface area contributed by atoms with Gasteiger partial charge in [-0.05, 0) is 30.3 Å². The quantitative estimate of drug-likeness (QED) is 0.637. The van der Waals surface area contributed by atoms with Crippen molar-refractivity contribution in [3.63, 3.8) is 0 Å². The van der Waals surface area contributed by atoms with Crippen LogP contribution in [-0.4, -0.2) is 19.3 Å². The molecular weight excluding hydrogens is 302 g/mol. The van der Waals surface area contributed by atoms with Crippen molar-refractivity contribution in [1.82, 2.24) is 4.98 Å². The molecule has 0 saturated heterocycles. The maximum Gasteiger partial charge on any atom is 0.266 e. The van der Waals surface area contributed by atoms with Crippen LogP contribution in [0.4, 0.5) is 5.69 Å². The second-order valence-corrected chi connectivity index (χ2v) is 6.70. The molecule has 0 atom stereocenters. The van der Waals surface area contributed by atoms with Gasteiger partial charge >= 0.3 is 0 Å². The third-order valence-electron chi connectivity index (χ3n) is 3.34. The van der Waals surface area contributed by atoms with Gasteiger partial charge in [-0.15, -0.1) is 0 Å². The van der Waals surface area contributed by atoms with Crippen LogP contribution in [0, 0.1) is 0 Å². The number of anilines is 1. The molecule has 1 amide bonds. The first-order valence-electron chi connectivity index (χ1n) is 6.42. The van der Waals surface area contributed by atoms with E-state index in [9.17, 15) is 13.2 Å². The predicted molar refractivity (Wildman–Crippen MR) is 83.1 cm³/mol. The van der Waals surface area contributed by atoms with E-state index in [-0.39, 0.29) is 15.5 Å². The maximum atomic E-state index is 12.9. The van der Waals surface area contributed by atoms with Crippen molar-refractivity contribution in [2.24, 2.45) is 5.73 Å². The van der Waals surface area contributed by atoms with Crippen molar-refractivity contribution >= 4 is 32.3 Å². The lowest BCUT2D eigenvalue weighted by Gasteiger charge is -2.05. The van der Waals surface area contributed by atoms with Gasteiger partial charge in [0.25, 0.3) is 5.91 Å². The Labute approximate surface area is 126 Å². The van der Waals surface area contributed by atoms with Gasteiger partial charge in [0, 0.05) is 16.6 Å². The highest BCUT2D eigenvalue weighted by atomic mass is 32.2. The normalized spacial score (nSPS) is 11.6. The molecule has 6 nitrogen and oxygen atoms in total. The number of fused-ring (bicyclic) bond motifs is 1. The summed E-state index contributed by atoms with van der Waals surface area (Å²) >= 11 is 0. The van der Waals surface area contributed by atoms with E-state index in [2.05, 4.69) is 4.98 Å². The van der Waals surface area contributed by atoms with E-state index in [1.165, 1.54) is 18.2 Å². The van der Waals surface area contributed by atoms with Crippen LogP contribution < -0.4 is 11.5 Å². The molecule has 1 heterocycles. The summed E-state index contributed by atoms with van der Waals surface area (Å²) in [6, 6.07) is 12.6. The Balaban J connectivity index is 2.41. The highest BCUT2D eigenvalue weighted by Crippen LogP contribution is 2.32. The Kier molecular flexibility index (Phi) is 3.14. The van der Waals surface area contributed by atoms with Gasteiger partial charge in [-0.1, -0.05) is 18.2 Å². The molecule has 3 aromatic rings. The number of nitrogens with two attached hydrogens (primary N) is 2. The molecule has 0 radical (unpaired) electrons. The van der Waals surface area contributed by atoms with Crippen molar-refractivity contribution in [3.05, 3.63) is 54.2 Å². The number of hydrogen-bond acceptors (Lipinski definition) is 4. The largest absolute Gasteiger partial charge is 0.399 e. The fourth-order valence-electron chi connectivity index (χ4n) is 2.35. The molecule has 112 valence electrons. The number of rotatable bonds is 3. The van der Waals surface area contributed by atoms with E-state index in [0.717, 1.165) is 0 Å². The number of aromatic nitrogens is 1. The molecule has 1 aromatic heterocycles. The van der Waals surface area contributed by atoms with Crippen molar-refractivity contribution in [3.8, 4) is 0 Å². The molecule has 0 aliphatic rings. The van der Waals surface area contributed by atoms with Crippen LogP contribution >= 0.6 is 0 Å². The lowest BCUT2D eigenvalue weighted by molar-refractivity contribution is 0.0993. The minimum Gasteiger partial charge on any atom is -0.399 e. The van der Waals surface area contributed by atoms with Crippen LogP contribution in [0.15, 0.2) is 58.3 Å². The molecule has 0 bridgehead atoms. The third-order valence-corrected chi connectivity index (χ3v) is 5.20. The summed E-state index contributed by atoms with van der Waals surface area (Å²) in [6.07, 6.45) is 0. The average Bonchev–Trinajstić information content (AvgIpc) is 2.87. The molecule has 0 spiro atoms. The van der Waals surface area contributed by atoms with Gasteiger partial charge in [-0.25, -0.2) is 8.42 Å². The first-order chi connectivity index (χ1) is 10.4. The van der Waals surface area contributed by atoms with Crippen LogP contribution in [0.1, 0.15) is 10.5 Å². The molecular formula is C15H13N3O3S. The molecule has 0 aliphatic carbocycles. The number of sulfone groups is 1. The van der Waals surface area contributed by atoms with Gasteiger partial charge in [0.1, 0.15) is 10.6 Å². The van der Waals surface area contributed by atoms with Gasteiger partial charge in [-0.2, -0.15) is 0 Å². The van der Waals surface area contributed by atoms with E-state index in [0.29, 0.717) is 16.6 Å². The van der Waals surface area contributed by atoms with E-state index in [1.807, 2.05) is 0 Å². The Bertz CT molecular complexity index is 976. The predicted octanol–water partition coefficient (Wildman–Crippen LogP) is 1.68. The zero-order chi connectivity index (χ0) is 15.9. The summed E-state index contributed by atoms with van der Waals surface area (Å²) < 4.78 is 25.8. The molecule has 3 rings (SSSR count). The fraction of sp³-hybridized carbons (Fsp3) is 0. The number of amides is 1. The SMILES string of the molecule is NC(=O)c1[nH]c2ccc(N)cc2c1S(=O)(=O)c1ccccc1. The van der Waals surface area contributed by atoms with Crippen molar-refractivity contribution in [2.45, 2.75) is 9.79 Å². The van der Waals surface area contributed by atoms with Gasteiger partial charge < -0.3 is 16.5 Å². The van der Waals surface area contributed by atoms with E-state index < -0.39 is 15.7 Å². The lowest BCUT2D eigenvalue weighted by Crippen LogP contribution is -2.16. The zero-order valence-corrected chi connectivity index (χ0v) is 12.2. The van der Waals surface area contributed by atoms with Gasteiger partial charge in [0.2, 0.25) is 9.84 Å².